The molecule has 0 radical (unpaired) electrons. The molecule has 130 valence electrons. The molecule has 1 aliphatic heterocycles. The molecule has 1 aromatic carbocycles. The molecule has 0 bridgehead atoms. The van der Waals surface area contributed by atoms with E-state index in [0.29, 0.717) is 0 Å². The molecule has 25 heavy (non-hydrogen) atoms. The fraction of sp³-hybridized carbons (Fsp3) is 0.368. The lowest BCUT2D eigenvalue weighted by molar-refractivity contribution is -0.134. The second-order valence-electron chi connectivity index (χ2n) is 6.56. The van der Waals surface area contributed by atoms with Crippen LogP contribution in [0.25, 0.3) is 10.9 Å². The lowest BCUT2D eigenvalue weighted by atomic mass is 10.0. The molecule has 3 heterocycles. The predicted molar refractivity (Wildman–Crippen MR) is 97.1 cm³/mol. The van der Waals surface area contributed by atoms with Gasteiger partial charge in [-0.2, -0.15) is 0 Å². The van der Waals surface area contributed by atoms with Gasteiger partial charge >= 0.3 is 0 Å². The summed E-state index contributed by atoms with van der Waals surface area (Å²) in [4.78, 5) is 22.7. The van der Waals surface area contributed by atoms with Crippen LogP contribution in [0.15, 0.2) is 29.8 Å². The molecule has 1 atom stereocenters. The molecule has 3 aromatic rings. The van der Waals surface area contributed by atoms with Crippen molar-refractivity contribution in [3.8, 4) is 0 Å². The molecule has 4 rings (SSSR count). The summed E-state index contributed by atoms with van der Waals surface area (Å²) in [5.74, 6) is -0.188. The van der Waals surface area contributed by atoms with Gasteiger partial charge < -0.3 is 9.88 Å². The molecule has 1 N–H and O–H groups in total. The van der Waals surface area contributed by atoms with Crippen molar-refractivity contribution in [2.24, 2.45) is 0 Å². The highest BCUT2D eigenvalue weighted by Crippen LogP contribution is 2.33. The number of hydrogen-bond acceptors (Lipinski definition) is 3. The van der Waals surface area contributed by atoms with E-state index in [0.717, 1.165) is 53.0 Å². The Morgan fingerprint density at radius 3 is 3.12 bits per heavy atom. The first-order valence-electron chi connectivity index (χ1n) is 8.59. The minimum Gasteiger partial charge on any atom is -0.358 e. The Bertz CT molecular complexity index is 903. The zero-order valence-corrected chi connectivity index (χ0v) is 14.9. The number of likely N-dealkylation sites (tertiary alicyclic amines) is 1. The lowest BCUT2D eigenvalue weighted by Gasteiger charge is -2.34. The molecular weight excluding hydrogens is 337 g/mol. The molecule has 2 aromatic heterocycles. The molecule has 6 heteroatoms. The molecule has 1 fully saturated rings. The maximum absolute atomic E-state index is 13.6. The number of aromatic amines is 1. The number of amides is 1. The van der Waals surface area contributed by atoms with Crippen molar-refractivity contribution in [2.75, 3.05) is 6.54 Å². The van der Waals surface area contributed by atoms with Gasteiger partial charge in [0.2, 0.25) is 5.91 Å². The Hall–Kier alpha value is -2.21. The van der Waals surface area contributed by atoms with E-state index in [9.17, 15) is 9.18 Å². The number of aryl methyl sites for hydroxylation is 1. The molecule has 1 aliphatic rings. The highest BCUT2D eigenvalue weighted by Gasteiger charge is 2.30. The second kappa shape index (κ2) is 6.59. The van der Waals surface area contributed by atoms with Gasteiger partial charge in [-0.05, 0) is 49.9 Å². The summed E-state index contributed by atoms with van der Waals surface area (Å²) in [5, 5.41) is 3.77. The quantitative estimate of drug-likeness (QED) is 0.757. The number of fused-ring (bicyclic) bond motifs is 1. The number of benzene rings is 1. The number of nitrogens with zero attached hydrogens (tertiary/aromatic N) is 2. The van der Waals surface area contributed by atoms with Crippen LogP contribution >= 0.6 is 11.3 Å². The molecule has 4 nitrogen and oxygen atoms in total. The largest absolute Gasteiger partial charge is 0.358 e. The molecule has 1 unspecified atom stereocenters. The predicted octanol–water partition coefficient (Wildman–Crippen LogP) is 4.37. The van der Waals surface area contributed by atoms with Gasteiger partial charge in [-0.3, -0.25) is 4.79 Å². The fourth-order valence-corrected chi connectivity index (χ4v) is 4.51. The van der Waals surface area contributed by atoms with Crippen LogP contribution in [0.2, 0.25) is 0 Å². The Morgan fingerprint density at radius 2 is 2.32 bits per heavy atom. The molecule has 0 spiro atoms. The van der Waals surface area contributed by atoms with Crippen LogP contribution in [0.3, 0.4) is 0 Å². The first-order chi connectivity index (χ1) is 12.1. The van der Waals surface area contributed by atoms with E-state index < -0.39 is 0 Å². The third-order valence-electron chi connectivity index (χ3n) is 4.97. The van der Waals surface area contributed by atoms with Crippen molar-refractivity contribution in [1.29, 1.82) is 0 Å². The van der Waals surface area contributed by atoms with E-state index in [1.54, 1.807) is 23.6 Å². The van der Waals surface area contributed by atoms with Crippen LogP contribution in [0.1, 0.15) is 41.6 Å². The Balaban J connectivity index is 1.63. The zero-order chi connectivity index (χ0) is 17.4. The summed E-state index contributed by atoms with van der Waals surface area (Å²) in [6.07, 6.45) is 5.18. The van der Waals surface area contributed by atoms with Gasteiger partial charge in [0, 0.05) is 34.7 Å². The minimum absolute atomic E-state index is 0.0727. The highest BCUT2D eigenvalue weighted by molar-refractivity contribution is 7.09. The van der Waals surface area contributed by atoms with Crippen molar-refractivity contribution >= 4 is 28.1 Å². The van der Waals surface area contributed by atoms with Gasteiger partial charge in [0.15, 0.2) is 0 Å². The van der Waals surface area contributed by atoms with Gasteiger partial charge in [0.05, 0.1) is 12.5 Å². The van der Waals surface area contributed by atoms with Crippen molar-refractivity contribution in [1.82, 2.24) is 14.9 Å². The summed E-state index contributed by atoms with van der Waals surface area (Å²) in [7, 11) is 0. The van der Waals surface area contributed by atoms with E-state index in [1.165, 1.54) is 12.1 Å². The van der Waals surface area contributed by atoms with Crippen LogP contribution < -0.4 is 0 Å². The van der Waals surface area contributed by atoms with Crippen molar-refractivity contribution in [2.45, 2.75) is 38.6 Å². The summed E-state index contributed by atoms with van der Waals surface area (Å²) in [6.45, 7) is 2.70. The summed E-state index contributed by atoms with van der Waals surface area (Å²) in [6, 6.07) is 4.75. The van der Waals surface area contributed by atoms with Gasteiger partial charge in [-0.15, -0.1) is 11.3 Å². The van der Waals surface area contributed by atoms with Gasteiger partial charge in [-0.1, -0.05) is 0 Å². The van der Waals surface area contributed by atoms with E-state index in [-0.39, 0.29) is 24.2 Å². The molecule has 0 saturated carbocycles. The standard InChI is InChI=1S/C19H20FN3OS/c1-12-14(15-10-13(20)5-6-16(15)22-12)11-18(24)23-8-3-2-4-17(23)19-21-7-9-25-19/h5-7,9-10,17,22H,2-4,8,11H2,1H3. The van der Waals surface area contributed by atoms with Gasteiger partial charge in [-0.25, -0.2) is 9.37 Å². The number of hydrogen-bond donors (Lipinski definition) is 1. The number of piperidine rings is 1. The zero-order valence-electron chi connectivity index (χ0n) is 14.1. The fourth-order valence-electron chi connectivity index (χ4n) is 3.72. The summed E-state index contributed by atoms with van der Waals surface area (Å²) >= 11 is 1.61. The van der Waals surface area contributed by atoms with Crippen LogP contribution in [-0.2, 0) is 11.2 Å². The number of aromatic nitrogens is 2. The van der Waals surface area contributed by atoms with Crippen molar-refractivity contribution < 1.29 is 9.18 Å². The number of rotatable bonds is 3. The normalized spacial score (nSPS) is 18.0. The van der Waals surface area contributed by atoms with E-state index in [4.69, 9.17) is 0 Å². The molecule has 1 saturated heterocycles. The maximum atomic E-state index is 13.6. The van der Waals surface area contributed by atoms with Gasteiger partial charge in [0.1, 0.15) is 10.8 Å². The molecular formula is C19H20FN3OS. The maximum Gasteiger partial charge on any atom is 0.227 e. The number of H-pyrrole nitrogens is 1. The van der Waals surface area contributed by atoms with Crippen LogP contribution in [-0.4, -0.2) is 27.3 Å². The summed E-state index contributed by atoms with van der Waals surface area (Å²) in [5.41, 5.74) is 2.69. The number of thiazole rings is 1. The Morgan fingerprint density at radius 1 is 1.44 bits per heavy atom. The lowest BCUT2D eigenvalue weighted by Crippen LogP contribution is -2.39. The van der Waals surface area contributed by atoms with E-state index in [1.807, 2.05) is 17.2 Å². The number of nitrogens with one attached hydrogen (secondary N) is 1. The Kier molecular flexibility index (Phi) is 4.29. The highest BCUT2D eigenvalue weighted by atomic mass is 32.1. The smallest absolute Gasteiger partial charge is 0.227 e. The second-order valence-corrected chi connectivity index (χ2v) is 7.49. The topological polar surface area (TPSA) is 49.0 Å². The van der Waals surface area contributed by atoms with Crippen molar-refractivity contribution in [3.63, 3.8) is 0 Å². The van der Waals surface area contributed by atoms with Crippen molar-refractivity contribution in [3.05, 3.63) is 51.9 Å². The summed E-state index contributed by atoms with van der Waals surface area (Å²) < 4.78 is 13.6. The van der Waals surface area contributed by atoms with E-state index in [2.05, 4.69) is 9.97 Å². The number of carbonyl (C=O) groups excluding carboxylic acids is 1. The van der Waals surface area contributed by atoms with Crippen LogP contribution in [0.5, 0.6) is 0 Å². The van der Waals surface area contributed by atoms with Gasteiger partial charge in [0.25, 0.3) is 0 Å². The third kappa shape index (κ3) is 3.06. The number of carbonyl (C=O) groups is 1. The SMILES string of the molecule is Cc1[nH]c2ccc(F)cc2c1CC(=O)N1CCCCC1c1nccs1. The average Bonchev–Trinajstić information content (AvgIpc) is 3.24. The minimum atomic E-state index is -0.279. The number of halogens is 1. The van der Waals surface area contributed by atoms with Crippen LogP contribution in [0, 0.1) is 12.7 Å². The third-order valence-corrected chi connectivity index (χ3v) is 5.85. The Labute approximate surface area is 149 Å². The monoisotopic (exact) mass is 357 g/mol. The molecule has 1 amide bonds. The average molecular weight is 357 g/mol. The first-order valence-corrected chi connectivity index (χ1v) is 9.47. The molecule has 0 aliphatic carbocycles. The van der Waals surface area contributed by atoms with E-state index >= 15 is 0 Å². The first kappa shape index (κ1) is 16.3. The van der Waals surface area contributed by atoms with Crippen LogP contribution in [0.4, 0.5) is 4.39 Å².